The molecule has 25 heavy (non-hydrogen) atoms. The fourth-order valence-electron chi connectivity index (χ4n) is 3.40. The summed E-state index contributed by atoms with van der Waals surface area (Å²) in [5.74, 6) is 0.758. The molecule has 0 unspecified atom stereocenters. The molecular weight excluding hydrogens is 318 g/mol. The quantitative estimate of drug-likeness (QED) is 0.472. The van der Waals surface area contributed by atoms with Gasteiger partial charge in [0.2, 0.25) is 11.8 Å². The van der Waals surface area contributed by atoms with Crippen LogP contribution >= 0.6 is 0 Å². The van der Waals surface area contributed by atoms with Crippen molar-refractivity contribution in [2.45, 2.75) is 64.3 Å². The summed E-state index contributed by atoms with van der Waals surface area (Å²) in [5, 5.41) is 9.37. The molecule has 0 aromatic heterocycles. The van der Waals surface area contributed by atoms with Crippen molar-refractivity contribution in [3.8, 4) is 0 Å². The lowest BCUT2D eigenvalue weighted by molar-refractivity contribution is -0.128. The highest BCUT2D eigenvalue weighted by Gasteiger charge is 2.17. The number of guanidine groups is 1. The summed E-state index contributed by atoms with van der Waals surface area (Å²) in [6, 6.07) is 0.348. The van der Waals surface area contributed by atoms with Crippen LogP contribution in [0.3, 0.4) is 0 Å². The Bertz CT molecular complexity index is 454. The molecular formula is C18H33N5O2. The van der Waals surface area contributed by atoms with Gasteiger partial charge in [0.25, 0.3) is 0 Å². The minimum Gasteiger partial charge on any atom is -0.357 e. The van der Waals surface area contributed by atoms with Crippen LogP contribution in [0.1, 0.15) is 58.3 Å². The SMILES string of the molecule is CCNC(=NCC(=O)N1CCCC1)NCCC(=O)NC1CCCCC1. The largest absolute Gasteiger partial charge is 0.357 e. The molecule has 2 rings (SSSR count). The maximum atomic E-state index is 12.1. The minimum absolute atomic E-state index is 0.0738. The molecule has 1 saturated carbocycles. The third-order valence-electron chi connectivity index (χ3n) is 4.79. The molecule has 0 aromatic rings. The van der Waals surface area contributed by atoms with E-state index in [2.05, 4.69) is 20.9 Å². The minimum atomic E-state index is 0.0738. The average Bonchev–Trinajstić information content (AvgIpc) is 3.15. The standard InChI is InChI=1S/C18H33N5O2/c1-2-19-18(21-14-17(25)23-12-6-7-13-23)20-11-10-16(24)22-15-8-4-3-5-9-15/h15H,2-14H2,1H3,(H,22,24)(H2,19,20,21). The molecule has 7 heteroatoms. The van der Waals surface area contributed by atoms with E-state index in [1.54, 1.807) is 0 Å². The number of nitrogens with one attached hydrogen (secondary N) is 3. The predicted molar refractivity (Wildman–Crippen MR) is 99.4 cm³/mol. The number of hydrogen-bond donors (Lipinski definition) is 3. The van der Waals surface area contributed by atoms with E-state index in [1.165, 1.54) is 19.3 Å². The molecule has 0 aromatic carbocycles. The van der Waals surface area contributed by atoms with E-state index in [-0.39, 0.29) is 18.4 Å². The van der Waals surface area contributed by atoms with Crippen LogP contribution in [0.15, 0.2) is 4.99 Å². The molecule has 1 aliphatic heterocycles. The molecule has 2 fully saturated rings. The fraction of sp³-hybridized carbons (Fsp3) is 0.833. The van der Waals surface area contributed by atoms with Crippen molar-refractivity contribution in [2.24, 2.45) is 4.99 Å². The van der Waals surface area contributed by atoms with Gasteiger partial charge in [0.05, 0.1) is 0 Å². The second-order valence-corrected chi connectivity index (χ2v) is 6.86. The fourth-order valence-corrected chi connectivity index (χ4v) is 3.40. The number of nitrogens with zero attached hydrogens (tertiary/aromatic N) is 2. The van der Waals surface area contributed by atoms with E-state index in [1.807, 2.05) is 11.8 Å². The number of carbonyl (C=O) groups is 2. The van der Waals surface area contributed by atoms with E-state index in [9.17, 15) is 9.59 Å². The summed E-state index contributed by atoms with van der Waals surface area (Å²) >= 11 is 0. The summed E-state index contributed by atoms with van der Waals surface area (Å²) < 4.78 is 0. The number of hydrogen-bond acceptors (Lipinski definition) is 3. The molecule has 1 aliphatic carbocycles. The zero-order valence-electron chi connectivity index (χ0n) is 15.5. The number of amides is 2. The molecule has 7 nitrogen and oxygen atoms in total. The first kappa shape index (κ1) is 19.5. The van der Waals surface area contributed by atoms with E-state index in [4.69, 9.17) is 0 Å². The van der Waals surface area contributed by atoms with Gasteiger partial charge in [-0.1, -0.05) is 19.3 Å². The van der Waals surface area contributed by atoms with Crippen molar-refractivity contribution in [1.29, 1.82) is 0 Å². The van der Waals surface area contributed by atoms with E-state index < -0.39 is 0 Å². The highest BCUT2D eigenvalue weighted by atomic mass is 16.2. The van der Waals surface area contributed by atoms with Gasteiger partial charge in [-0.3, -0.25) is 9.59 Å². The van der Waals surface area contributed by atoms with Crippen LogP contribution in [0.5, 0.6) is 0 Å². The van der Waals surface area contributed by atoms with Gasteiger partial charge in [-0.25, -0.2) is 4.99 Å². The molecule has 2 amide bonds. The second kappa shape index (κ2) is 10.9. The van der Waals surface area contributed by atoms with Crippen LogP contribution in [0.2, 0.25) is 0 Å². The highest BCUT2D eigenvalue weighted by Crippen LogP contribution is 2.17. The highest BCUT2D eigenvalue weighted by molar-refractivity contribution is 5.85. The Kier molecular flexibility index (Phi) is 8.55. The first-order valence-electron chi connectivity index (χ1n) is 9.78. The van der Waals surface area contributed by atoms with Crippen molar-refractivity contribution >= 4 is 17.8 Å². The van der Waals surface area contributed by atoms with Crippen LogP contribution in [0, 0.1) is 0 Å². The molecule has 1 saturated heterocycles. The maximum Gasteiger partial charge on any atom is 0.244 e. The maximum absolute atomic E-state index is 12.1. The molecule has 0 radical (unpaired) electrons. The zero-order valence-corrected chi connectivity index (χ0v) is 15.5. The van der Waals surface area contributed by atoms with Crippen LogP contribution < -0.4 is 16.0 Å². The van der Waals surface area contributed by atoms with Crippen molar-refractivity contribution in [2.75, 3.05) is 32.7 Å². The Hall–Kier alpha value is -1.79. The van der Waals surface area contributed by atoms with Gasteiger partial charge >= 0.3 is 0 Å². The van der Waals surface area contributed by atoms with Crippen LogP contribution in [0.4, 0.5) is 0 Å². The summed E-state index contributed by atoms with van der Waals surface area (Å²) in [6.07, 6.45) is 8.50. The molecule has 142 valence electrons. The van der Waals surface area contributed by atoms with Gasteiger partial charge in [-0.2, -0.15) is 0 Å². The molecule has 3 N–H and O–H groups in total. The summed E-state index contributed by atoms with van der Waals surface area (Å²) in [4.78, 5) is 30.3. The van der Waals surface area contributed by atoms with E-state index in [0.29, 0.717) is 25.0 Å². The topological polar surface area (TPSA) is 85.8 Å². The molecule has 0 atom stereocenters. The summed E-state index contributed by atoms with van der Waals surface area (Å²) in [7, 11) is 0. The Morgan fingerprint density at radius 3 is 2.44 bits per heavy atom. The van der Waals surface area contributed by atoms with E-state index >= 15 is 0 Å². The van der Waals surface area contributed by atoms with Gasteiger partial charge in [0.15, 0.2) is 5.96 Å². The lowest BCUT2D eigenvalue weighted by atomic mass is 9.95. The normalized spacial score (nSPS) is 18.9. The second-order valence-electron chi connectivity index (χ2n) is 6.86. The Morgan fingerprint density at radius 2 is 1.76 bits per heavy atom. The van der Waals surface area contributed by atoms with Crippen LogP contribution in [0.25, 0.3) is 0 Å². The van der Waals surface area contributed by atoms with Gasteiger partial charge in [-0.15, -0.1) is 0 Å². The van der Waals surface area contributed by atoms with Gasteiger partial charge in [-0.05, 0) is 32.6 Å². The zero-order chi connectivity index (χ0) is 17.9. The number of rotatable bonds is 7. The van der Waals surface area contributed by atoms with Crippen molar-refractivity contribution in [1.82, 2.24) is 20.9 Å². The number of aliphatic imine (C=N–C) groups is 1. The van der Waals surface area contributed by atoms with Gasteiger partial charge in [0, 0.05) is 38.6 Å². The molecule has 1 heterocycles. The lowest BCUT2D eigenvalue weighted by Crippen LogP contribution is -2.42. The Morgan fingerprint density at radius 1 is 1.04 bits per heavy atom. The summed E-state index contributed by atoms with van der Waals surface area (Å²) in [6.45, 7) is 5.07. The molecule has 2 aliphatic rings. The van der Waals surface area contributed by atoms with Crippen LogP contribution in [-0.4, -0.2) is 61.4 Å². The van der Waals surface area contributed by atoms with Crippen molar-refractivity contribution < 1.29 is 9.59 Å². The first-order chi connectivity index (χ1) is 12.2. The Balaban J connectivity index is 1.67. The van der Waals surface area contributed by atoms with Gasteiger partial charge in [0.1, 0.15) is 6.54 Å². The van der Waals surface area contributed by atoms with Gasteiger partial charge < -0.3 is 20.9 Å². The third kappa shape index (κ3) is 7.32. The van der Waals surface area contributed by atoms with Crippen LogP contribution in [-0.2, 0) is 9.59 Å². The average molecular weight is 351 g/mol. The molecule has 0 bridgehead atoms. The monoisotopic (exact) mass is 351 g/mol. The van der Waals surface area contributed by atoms with E-state index in [0.717, 1.165) is 45.3 Å². The Labute approximate surface area is 151 Å². The smallest absolute Gasteiger partial charge is 0.244 e. The first-order valence-corrected chi connectivity index (χ1v) is 9.78. The predicted octanol–water partition coefficient (Wildman–Crippen LogP) is 1.00. The third-order valence-corrected chi connectivity index (χ3v) is 4.79. The lowest BCUT2D eigenvalue weighted by Gasteiger charge is -2.22. The number of likely N-dealkylation sites (tertiary alicyclic amines) is 1. The van der Waals surface area contributed by atoms with Crippen molar-refractivity contribution in [3.05, 3.63) is 0 Å². The number of carbonyl (C=O) groups excluding carboxylic acids is 2. The molecule has 0 spiro atoms. The van der Waals surface area contributed by atoms with Crippen molar-refractivity contribution in [3.63, 3.8) is 0 Å². The summed E-state index contributed by atoms with van der Waals surface area (Å²) in [5.41, 5.74) is 0.